The smallest absolute Gasteiger partial charge is 0.0451 e. The maximum Gasteiger partial charge on any atom is 0.0451 e. The van der Waals surface area contributed by atoms with Gasteiger partial charge in [-0.2, -0.15) is 35.9 Å². The Morgan fingerprint density at radius 1 is 1.13 bits per heavy atom. The normalized spacial score (nSPS) is 9.40. The van der Waals surface area contributed by atoms with E-state index in [1.807, 2.05) is 36.4 Å². The first kappa shape index (κ1) is 11.9. The minimum atomic E-state index is 0. The van der Waals surface area contributed by atoms with Gasteiger partial charge in [0.15, 0.2) is 0 Å². The average Bonchev–Trinajstić information content (AvgIpc) is 2.19. The minimum Gasteiger partial charge on any atom is -0.257 e. The largest absolute Gasteiger partial charge is 0.257 e. The molecular weight excluding hydrogens is 229 g/mol. The van der Waals surface area contributed by atoms with Crippen LogP contribution in [0.2, 0.25) is 0 Å². The van der Waals surface area contributed by atoms with Crippen molar-refractivity contribution in [2.24, 2.45) is 0 Å². The van der Waals surface area contributed by atoms with Gasteiger partial charge in [0.2, 0.25) is 0 Å². The van der Waals surface area contributed by atoms with Gasteiger partial charge in [-0.3, -0.25) is 4.98 Å². The summed E-state index contributed by atoms with van der Waals surface area (Å²) in [6.07, 6.45) is 0.784. The molecule has 1 aromatic heterocycles. The maximum atomic E-state index is 5.59. The number of rotatable bonds is 2. The van der Waals surface area contributed by atoms with Crippen molar-refractivity contribution < 1.29 is 16.5 Å². The molecule has 2 radical (unpaired) electrons. The van der Waals surface area contributed by atoms with Gasteiger partial charge in [0.05, 0.1) is 0 Å². The molecule has 0 spiro atoms. The third-order valence-electron chi connectivity index (χ3n) is 1.97. The molecule has 0 saturated carbocycles. The van der Waals surface area contributed by atoms with Crippen molar-refractivity contribution in [1.82, 2.24) is 4.98 Å². The Labute approximate surface area is 100 Å². The quantitative estimate of drug-likeness (QED) is 0.579. The number of hydrogen-bond acceptors (Lipinski definition) is 1. The predicted octanol–water partition coefficient (Wildman–Crippen LogP) is 2.53. The molecule has 2 heteroatoms. The molecule has 0 fully saturated rings. The fraction of sp³-hybridized carbons (Fsp3) is 0.0769. The predicted molar refractivity (Wildman–Crippen MR) is 55.7 cm³/mol. The summed E-state index contributed by atoms with van der Waals surface area (Å²) in [5.74, 6) is 0. The summed E-state index contributed by atoms with van der Waals surface area (Å²) in [5.41, 5.74) is 2.68. The van der Waals surface area contributed by atoms with Crippen molar-refractivity contribution >= 4 is 0 Å². The Balaban J connectivity index is 0.00000112. The van der Waals surface area contributed by atoms with Crippen LogP contribution in [0.3, 0.4) is 0 Å². The fourth-order valence-electron chi connectivity index (χ4n) is 1.33. The Morgan fingerprint density at radius 2 is 2.00 bits per heavy atom. The van der Waals surface area contributed by atoms with Gasteiger partial charge in [0.1, 0.15) is 0 Å². The van der Waals surface area contributed by atoms with Crippen molar-refractivity contribution in [3.05, 3.63) is 72.4 Å². The topological polar surface area (TPSA) is 12.9 Å². The zero-order valence-electron chi connectivity index (χ0n) is 8.09. The van der Waals surface area contributed by atoms with Crippen LogP contribution < -0.4 is 0 Å². The van der Waals surface area contributed by atoms with E-state index in [2.05, 4.69) is 11.1 Å². The van der Waals surface area contributed by atoms with Gasteiger partial charge in [-0.05, 0) is 18.6 Å². The van der Waals surface area contributed by atoms with Gasteiger partial charge in [0.25, 0.3) is 0 Å². The van der Waals surface area contributed by atoms with Crippen LogP contribution in [0.5, 0.6) is 0 Å². The zero-order valence-corrected chi connectivity index (χ0v) is 9.08. The van der Waals surface area contributed by atoms with E-state index < -0.39 is 0 Å². The first-order chi connectivity index (χ1) is 6.84. The second kappa shape index (κ2) is 5.67. The molecule has 0 N–H and O–H groups in total. The molecule has 15 heavy (non-hydrogen) atoms. The second-order valence-corrected chi connectivity index (χ2v) is 3.12. The van der Waals surface area contributed by atoms with Crippen LogP contribution in [0.25, 0.3) is 0 Å². The van der Waals surface area contributed by atoms with E-state index in [4.69, 9.17) is 6.92 Å². The van der Waals surface area contributed by atoms with Gasteiger partial charge in [0, 0.05) is 34.8 Å². The Morgan fingerprint density at radius 3 is 2.67 bits per heavy atom. The van der Waals surface area contributed by atoms with Crippen molar-refractivity contribution in [3.63, 3.8) is 0 Å². The van der Waals surface area contributed by atoms with Crippen molar-refractivity contribution in [1.29, 1.82) is 0 Å². The zero-order chi connectivity index (χ0) is 9.80. The molecule has 0 bridgehead atoms. The molecule has 2 aromatic rings. The standard InChI is InChI=1S/C13H10N.Ni/c1-11-6-5-9-13(14-11)10-12-7-3-2-4-8-12;/h1-7,9H,10H2;/q-1;. The summed E-state index contributed by atoms with van der Waals surface area (Å²) >= 11 is 0. The molecule has 2 rings (SSSR count). The van der Waals surface area contributed by atoms with E-state index in [0.29, 0.717) is 5.69 Å². The summed E-state index contributed by atoms with van der Waals surface area (Å²) < 4.78 is 0. The van der Waals surface area contributed by atoms with E-state index in [1.54, 1.807) is 6.07 Å². The molecule has 0 unspecified atom stereocenters. The van der Waals surface area contributed by atoms with Crippen LogP contribution >= 0.6 is 0 Å². The van der Waals surface area contributed by atoms with E-state index in [0.717, 1.165) is 17.7 Å². The summed E-state index contributed by atoms with van der Waals surface area (Å²) in [7, 11) is 0. The van der Waals surface area contributed by atoms with Crippen LogP contribution in [0.15, 0.2) is 42.5 Å². The Hall–Kier alpha value is -1.14. The summed E-state index contributed by atoms with van der Waals surface area (Å²) in [6.45, 7) is 5.59. The monoisotopic (exact) mass is 238 g/mol. The molecular formula is C13H10NNi-. The van der Waals surface area contributed by atoms with Crippen molar-refractivity contribution in [3.8, 4) is 0 Å². The molecule has 0 aliphatic rings. The van der Waals surface area contributed by atoms with Gasteiger partial charge >= 0.3 is 0 Å². The van der Waals surface area contributed by atoms with E-state index in [1.165, 1.54) is 0 Å². The molecule has 78 valence electrons. The van der Waals surface area contributed by atoms with Gasteiger partial charge in [-0.15, -0.1) is 0 Å². The summed E-state index contributed by atoms with van der Waals surface area (Å²) in [4.78, 5) is 4.23. The first-order valence-corrected chi connectivity index (χ1v) is 4.51. The SMILES string of the molecule is [CH]c1cccc(Cc2[c-]cccc2)n1.[Ni]. The van der Waals surface area contributed by atoms with Crippen molar-refractivity contribution in [2.45, 2.75) is 6.42 Å². The van der Waals surface area contributed by atoms with Crippen molar-refractivity contribution in [2.75, 3.05) is 0 Å². The van der Waals surface area contributed by atoms with E-state index >= 15 is 0 Å². The molecule has 0 saturated heterocycles. The molecule has 1 nitrogen and oxygen atoms in total. The minimum absolute atomic E-state index is 0. The molecule has 0 atom stereocenters. The number of aromatic nitrogens is 1. The summed E-state index contributed by atoms with van der Waals surface area (Å²) in [6, 6.07) is 16.7. The van der Waals surface area contributed by atoms with E-state index in [-0.39, 0.29) is 16.5 Å². The molecule has 0 aliphatic carbocycles. The maximum absolute atomic E-state index is 5.59. The third kappa shape index (κ3) is 3.49. The van der Waals surface area contributed by atoms with E-state index in [9.17, 15) is 0 Å². The van der Waals surface area contributed by atoms with Crippen LogP contribution in [0.1, 0.15) is 17.0 Å². The van der Waals surface area contributed by atoms with Gasteiger partial charge < -0.3 is 0 Å². The fourth-order valence-corrected chi connectivity index (χ4v) is 1.33. The molecule has 0 amide bonds. The number of pyridine rings is 1. The summed E-state index contributed by atoms with van der Waals surface area (Å²) in [5, 5.41) is 0. The van der Waals surface area contributed by atoms with Gasteiger partial charge in [-0.25, -0.2) is 0 Å². The molecule has 1 aromatic carbocycles. The molecule has 0 aliphatic heterocycles. The average molecular weight is 239 g/mol. The second-order valence-electron chi connectivity index (χ2n) is 3.12. The van der Waals surface area contributed by atoms with Crippen LogP contribution in [-0.2, 0) is 22.9 Å². The van der Waals surface area contributed by atoms with Crippen LogP contribution in [-0.4, -0.2) is 4.98 Å². The van der Waals surface area contributed by atoms with Gasteiger partial charge in [-0.1, -0.05) is 6.07 Å². The first-order valence-electron chi connectivity index (χ1n) is 4.51. The van der Waals surface area contributed by atoms with Crippen LogP contribution in [0.4, 0.5) is 0 Å². The number of benzene rings is 1. The Kier molecular flexibility index (Phi) is 4.51. The number of nitrogens with zero attached hydrogens (tertiary/aromatic N) is 1. The van der Waals surface area contributed by atoms with Crippen LogP contribution in [0, 0.1) is 13.0 Å². The third-order valence-corrected chi connectivity index (χ3v) is 1.97. The molecule has 1 heterocycles. The number of hydrogen-bond donors (Lipinski definition) is 0. The Bertz CT molecular complexity index is 412.